The van der Waals surface area contributed by atoms with Crippen molar-refractivity contribution in [3.8, 4) is 0 Å². The number of anilines is 1. The molecule has 0 saturated carbocycles. The third-order valence-corrected chi connectivity index (χ3v) is 1.83. The molecule has 1 heterocycles. The second-order valence-corrected chi connectivity index (χ2v) is 4.60. The molecule has 72 valence electrons. The maximum Gasteiger partial charge on any atom is 0.0400 e. The average molecular weight is 178 g/mol. The third-order valence-electron chi connectivity index (χ3n) is 1.83. The second-order valence-electron chi connectivity index (χ2n) is 4.60. The van der Waals surface area contributed by atoms with Crippen LogP contribution < -0.4 is 5.32 Å². The van der Waals surface area contributed by atoms with Crippen LogP contribution in [0.3, 0.4) is 0 Å². The molecule has 0 atom stereocenters. The number of nitrogens with one attached hydrogen (secondary N) is 1. The maximum atomic E-state index is 4.05. The molecule has 0 aromatic carbocycles. The van der Waals surface area contributed by atoms with Crippen molar-refractivity contribution in [1.29, 1.82) is 0 Å². The molecule has 0 aliphatic heterocycles. The first-order chi connectivity index (χ1) is 5.99. The summed E-state index contributed by atoms with van der Waals surface area (Å²) in [6, 6.07) is 2.01. The Morgan fingerprint density at radius 1 is 1.38 bits per heavy atom. The fraction of sp³-hybridized carbons (Fsp3) is 0.545. The van der Waals surface area contributed by atoms with Gasteiger partial charge in [-0.3, -0.25) is 4.98 Å². The summed E-state index contributed by atoms with van der Waals surface area (Å²) in [5.74, 6) is 0. The molecule has 1 rings (SSSR count). The van der Waals surface area contributed by atoms with E-state index in [1.54, 1.807) is 0 Å². The van der Waals surface area contributed by atoms with E-state index in [2.05, 4.69) is 38.0 Å². The summed E-state index contributed by atoms with van der Waals surface area (Å²) in [6.07, 6.45) is 3.70. The van der Waals surface area contributed by atoms with Crippen LogP contribution >= 0.6 is 0 Å². The largest absolute Gasteiger partial charge is 0.384 e. The number of rotatable bonds is 2. The van der Waals surface area contributed by atoms with Crippen LogP contribution in [0.15, 0.2) is 18.5 Å². The van der Waals surface area contributed by atoms with Crippen LogP contribution in [-0.2, 0) is 0 Å². The van der Waals surface area contributed by atoms with E-state index in [1.807, 2.05) is 18.5 Å². The highest BCUT2D eigenvalue weighted by Crippen LogP contribution is 2.17. The molecule has 0 spiro atoms. The van der Waals surface area contributed by atoms with Gasteiger partial charge in [0.2, 0.25) is 0 Å². The fourth-order valence-electron chi connectivity index (χ4n) is 1.03. The number of aromatic nitrogens is 1. The Kier molecular flexibility index (Phi) is 2.91. The van der Waals surface area contributed by atoms with Crippen LogP contribution in [0.2, 0.25) is 0 Å². The van der Waals surface area contributed by atoms with Crippen molar-refractivity contribution in [2.75, 3.05) is 11.9 Å². The fourth-order valence-corrected chi connectivity index (χ4v) is 1.03. The monoisotopic (exact) mass is 178 g/mol. The molecule has 0 aliphatic rings. The van der Waals surface area contributed by atoms with Gasteiger partial charge in [0.15, 0.2) is 0 Å². The molecular formula is C11H18N2. The molecule has 2 heteroatoms. The van der Waals surface area contributed by atoms with Crippen LogP contribution in [0, 0.1) is 12.3 Å². The Balaban J connectivity index is 2.60. The topological polar surface area (TPSA) is 24.9 Å². The SMILES string of the molecule is Cc1cnccc1NCC(C)(C)C. The minimum absolute atomic E-state index is 0.315. The van der Waals surface area contributed by atoms with Crippen LogP contribution in [0.4, 0.5) is 5.69 Å². The Bertz CT molecular complexity index is 274. The van der Waals surface area contributed by atoms with E-state index < -0.39 is 0 Å². The van der Waals surface area contributed by atoms with Crippen molar-refractivity contribution >= 4 is 5.69 Å². The van der Waals surface area contributed by atoms with Crippen molar-refractivity contribution in [3.63, 3.8) is 0 Å². The Labute approximate surface area is 80.4 Å². The molecule has 0 radical (unpaired) electrons. The summed E-state index contributed by atoms with van der Waals surface area (Å²) < 4.78 is 0. The van der Waals surface area contributed by atoms with E-state index in [4.69, 9.17) is 0 Å². The van der Waals surface area contributed by atoms with Crippen molar-refractivity contribution < 1.29 is 0 Å². The van der Waals surface area contributed by atoms with Gasteiger partial charge in [-0.05, 0) is 24.0 Å². The summed E-state index contributed by atoms with van der Waals surface area (Å²) in [7, 11) is 0. The van der Waals surface area contributed by atoms with Crippen molar-refractivity contribution in [3.05, 3.63) is 24.0 Å². The van der Waals surface area contributed by atoms with E-state index in [0.29, 0.717) is 5.41 Å². The Hall–Kier alpha value is -1.05. The minimum Gasteiger partial charge on any atom is -0.384 e. The summed E-state index contributed by atoms with van der Waals surface area (Å²) in [4.78, 5) is 4.05. The van der Waals surface area contributed by atoms with E-state index in [0.717, 1.165) is 6.54 Å². The molecule has 1 aromatic heterocycles. The first-order valence-electron chi connectivity index (χ1n) is 4.63. The molecule has 1 N–H and O–H groups in total. The van der Waals surface area contributed by atoms with Gasteiger partial charge < -0.3 is 5.32 Å². The Morgan fingerprint density at radius 2 is 2.08 bits per heavy atom. The van der Waals surface area contributed by atoms with Gasteiger partial charge in [0.25, 0.3) is 0 Å². The smallest absolute Gasteiger partial charge is 0.0400 e. The molecule has 1 aromatic rings. The summed E-state index contributed by atoms with van der Waals surface area (Å²) in [5, 5.41) is 3.41. The van der Waals surface area contributed by atoms with E-state index in [-0.39, 0.29) is 0 Å². The number of hydrogen-bond acceptors (Lipinski definition) is 2. The second kappa shape index (κ2) is 3.77. The molecule has 0 bridgehead atoms. The highest BCUT2D eigenvalue weighted by Gasteiger charge is 2.09. The number of hydrogen-bond donors (Lipinski definition) is 1. The first-order valence-corrected chi connectivity index (χ1v) is 4.63. The number of pyridine rings is 1. The van der Waals surface area contributed by atoms with Gasteiger partial charge in [-0.1, -0.05) is 20.8 Å². The van der Waals surface area contributed by atoms with Crippen molar-refractivity contribution in [1.82, 2.24) is 4.98 Å². The van der Waals surface area contributed by atoms with Crippen LogP contribution in [0.5, 0.6) is 0 Å². The van der Waals surface area contributed by atoms with Crippen molar-refractivity contribution in [2.45, 2.75) is 27.7 Å². The molecule has 2 nitrogen and oxygen atoms in total. The highest BCUT2D eigenvalue weighted by molar-refractivity contribution is 5.48. The lowest BCUT2D eigenvalue weighted by molar-refractivity contribution is 0.443. The van der Waals surface area contributed by atoms with Crippen LogP contribution in [0.25, 0.3) is 0 Å². The lowest BCUT2D eigenvalue weighted by atomic mass is 9.97. The van der Waals surface area contributed by atoms with Gasteiger partial charge in [0.1, 0.15) is 0 Å². The zero-order valence-corrected chi connectivity index (χ0v) is 8.89. The van der Waals surface area contributed by atoms with Gasteiger partial charge in [-0.15, -0.1) is 0 Å². The first kappa shape index (κ1) is 10.0. The van der Waals surface area contributed by atoms with Crippen molar-refractivity contribution in [2.24, 2.45) is 5.41 Å². The normalized spacial score (nSPS) is 11.4. The zero-order chi connectivity index (χ0) is 9.90. The lowest BCUT2D eigenvalue weighted by Crippen LogP contribution is -2.19. The summed E-state index contributed by atoms with van der Waals surface area (Å²) in [6.45, 7) is 9.71. The summed E-state index contributed by atoms with van der Waals surface area (Å²) >= 11 is 0. The van der Waals surface area contributed by atoms with E-state index in [1.165, 1.54) is 11.3 Å². The zero-order valence-electron chi connectivity index (χ0n) is 8.89. The molecule has 13 heavy (non-hydrogen) atoms. The number of nitrogens with zero attached hydrogens (tertiary/aromatic N) is 1. The van der Waals surface area contributed by atoms with Gasteiger partial charge in [-0.2, -0.15) is 0 Å². The number of aryl methyl sites for hydroxylation is 1. The maximum absolute atomic E-state index is 4.05. The molecule has 0 unspecified atom stereocenters. The predicted octanol–water partition coefficient (Wildman–Crippen LogP) is 2.85. The van der Waals surface area contributed by atoms with Gasteiger partial charge in [0, 0.05) is 24.6 Å². The average Bonchev–Trinajstić information content (AvgIpc) is 2.01. The Morgan fingerprint density at radius 3 is 2.62 bits per heavy atom. The summed E-state index contributed by atoms with van der Waals surface area (Å²) in [5.41, 5.74) is 2.70. The molecule has 0 amide bonds. The van der Waals surface area contributed by atoms with E-state index in [9.17, 15) is 0 Å². The lowest BCUT2D eigenvalue weighted by Gasteiger charge is -2.20. The molecule has 0 aliphatic carbocycles. The highest BCUT2D eigenvalue weighted by atomic mass is 14.9. The van der Waals surface area contributed by atoms with Crippen LogP contribution in [0.1, 0.15) is 26.3 Å². The quantitative estimate of drug-likeness (QED) is 0.753. The third kappa shape index (κ3) is 3.45. The van der Waals surface area contributed by atoms with Gasteiger partial charge in [0.05, 0.1) is 0 Å². The predicted molar refractivity (Wildman–Crippen MR) is 56.9 cm³/mol. The minimum atomic E-state index is 0.315. The molecule has 0 saturated heterocycles. The standard InChI is InChI=1S/C11H18N2/c1-9-7-12-6-5-10(9)13-8-11(2,3)4/h5-7H,8H2,1-4H3,(H,12,13). The molecular weight excluding hydrogens is 160 g/mol. The van der Waals surface area contributed by atoms with Gasteiger partial charge in [-0.25, -0.2) is 0 Å². The molecule has 0 fully saturated rings. The van der Waals surface area contributed by atoms with E-state index >= 15 is 0 Å². The van der Waals surface area contributed by atoms with Gasteiger partial charge >= 0.3 is 0 Å². The van der Waals surface area contributed by atoms with Crippen LogP contribution in [-0.4, -0.2) is 11.5 Å².